The van der Waals surface area contributed by atoms with Crippen molar-refractivity contribution >= 4 is 23.2 Å². The number of aromatic nitrogens is 2. The lowest BCUT2D eigenvalue weighted by molar-refractivity contribution is 0.0996. The van der Waals surface area contributed by atoms with Crippen molar-refractivity contribution in [3.8, 4) is 0 Å². The summed E-state index contributed by atoms with van der Waals surface area (Å²) < 4.78 is 0. The zero-order valence-corrected chi connectivity index (χ0v) is 13.4. The molecule has 1 aliphatic carbocycles. The molecular formula is C17H22N6O. The Balaban J connectivity index is 1.83. The molecular weight excluding hydrogens is 304 g/mol. The van der Waals surface area contributed by atoms with Gasteiger partial charge < -0.3 is 22.1 Å². The number of anilines is 3. The first-order valence-corrected chi connectivity index (χ1v) is 8.14. The molecule has 0 spiro atoms. The minimum atomic E-state index is -0.623. The van der Waals surface area contributed by atoms with Gasteiger partial charge in [0, 0.05) is 17.8 Å². The smallest absolute Gasteiger partial charge is 0.271 e. The molecule has 126 valence electrons. The fourth-order valence-corrected chi connectivity index (χ4v) is 2.91. The number of carbonyl (C=O) groups excluding carboxylic acids is 1. The van der Waals surface area contributed by atoms with Gasteiger partial charge >= 0.3 is 0 Å². The van der Waals surface area contributed by atoms with E-state index < -0.39 is 5.91 Å². The molecule has 2 aromatic rings. The first-order valence-electron chi connectivity index (χ1n) is 8.14. The molecule has 1 aliphatic rings. The minimum Gasteiger partial charge on any atom is -0.364 e. The van der Waals surface area contributed by atoms with E-state index in [0.29, 0.717) is 11.6 Å². The van der Waals surface area contributed by atoms with Gasteiger partial charge in [-0.1, -0.05) is 31.0 Å². The number of nitrogens with two attached hydrogens (primary N) is 2. The van der Waals surface area contributed by atoms with Gasteiger partial charge in [0.1, 0.15) is 5.82 Å². The van der Waals surface area contributed by atoms with Crippen LogP contribution in [0, 0.1) is 0 Å². The second kappa shape index (κ2) is 7.27. The molecule has 1 fully saturated rings. The molecule has 7 nitrogen and oxygen atoms in total. The van der Waals surface area contributed by atoms with Crippen molar-refractivity contribution in [1.29, 1.82) is 0 Å². The van der Waals surface area contributed by atoms with Crippen molar-refractivity contribution < 1.29 is 4.79 Å². The Morgan fingerprint density at radius 3 is 2.62 bits per heavy atom. The molecule has 1 aromatic heterocycles. The van der Waals surface area contributed by atoms with Crippen LogP contribution in [0.15, 0.2) is 36.5 Å². The van der Waals surface area contributed by atoms with Crippen LogP contribution < -0.4 is 22.1 Å². The zero-order chi connectivity index (χ0) is 16.9. The summed E-state index contributed by atoms with van der Waals surface area (Å²) in [4.78, 5) is 20.2. The normalized spacial score (nSPS) is 20.4. The molecule has 0 saturated heterocycles. The van der Waals surface area contributed by atoms with E-state index in [9.17, 15) is 4.79 Å². The lowest BCUT2D eigenvalue weighted by Gasteiger charge is -2.29. The molecule has 0 radical (unpaired) electrons. The van der Waals surface area contributed by atoms with Gasteiger partial charge in [-0.15, -0.1) is 0 Å². The molecule has 0 aliphatic heterocycles. The zero-order valence-electron chi connectivity index (χ0n) is 13.4. The van der Waals surface area contributed by atoms with Crippen LogP contribution in [0.5, 0.6) is 0 Å². The Labute approximate surface area is 140 Å². The van der Waals surface area contributed by atoms with E-state index in [1.54, 1.807) is 0 Å². The first-order chi connectivity index (χ1) is 11.6. The summed E-state index contributed by atoms with van der Waals surface area (Å²) in [5.41, 5.74) is 12.5. The average molecular weight is 326 g/mol. The van der Waals surface area contributed by atoms with Crippen LogP contribution >= 0.6 is 0 Å². The Morgan fingerprint density at radius 2 is 1.92 bits per heavy atom. The largest absolute Gasteiger partial charge is 0.364 e. The highest BCUT2D eigenvalue weighted by atomic mass is 16.1. The molecule has 6 N–H and O–H groups in total. The Bertz CT molecular complexity index is 705. The van der Waals surface area contributed by atoms with Crippen LogP contribution in [0.3, 0.4) is 0 Å². The Hall–Kier alpha value is -2.67. The molecule has 7 heteroatoms. The molecule has 2 unspecified atom stereocenters. The van der Waals surface area contributed by atoms with Crippen LogP contribution in [-0.2, 0) is 0 Å². The molecule has 1 saturated carbocycles. The number of nitrogens with zero attached hydrogens (tertiary/aromatic N) is 2. The van der Waals surface area contributed by atoms with Crippen LogP contribution in [0.2, 0.25) is 0 Å². The monoisotopic (exact) mass is 326 g/mol. The molecule has 2 atom stereocenters. The number of amides is 1. The second-order valence-electron chi connectivity index (χ2n) is 6.01. The number of carbonyl (C=O) groups is 1. The number of nitrogens with one attached hydrogen (secondary N) is 2. The standard InChI is InChI=1S/C17H22N6O/c18-12-8-4-5-9-13(12)22-14-10-20-15(16(19)24)17(23-14)21-11-6-2-1-3-7-11/h1-3,6-7,10,12-13H,4-5,8-9,18H2,(H2,19,24)(H2,21,22,23). The number of rotatable bonds is 5. The summed E-state index contributed by atoms with van der Waals surface area (Å²) in [6, 6.07) is 9.71. The number of benzene rings is 1. The summed E-state index contributed by atoms with van der Waals surface area (Å²) in [5.74, 6) is 0.297. The van der Waals surface area contributed by atoms with Crippen LogP contribution in [0.4, 0.5) is 17.3 Å². The van der Waals surface area contributed by atoms with E-state index in [-0.39, 0.29) is 17.8 Å². The molecule has 0 bridgehead atoms. The summed E-state index contributed by atoms with van der Waals surface area (Å²) in [7, 11) is 0. The minimum absolute atomic E-state index is 0.0990. The van der Waals surface area contributed by atoms with Gasteiger partial charge in [-0.05, 0) is 25.0 Å². The van der Waals surface area contributed by atoms with Gasteiger partial charge in [-0.25, -0.2) is 9.97 Å². The summed E-state index contributed by atoms with van der Waals surface area (Å²) >= 11 is 0. The highest BCUT2D eigenvalue weighted by Gasteiger charge is 2.22. The van der Waals surface area contributed by atoms with Crippen LogP contribution in [0.1, 0.15) is 36.2 Å². The highest BCUT2D eigenvalue weighted by Crippen LogP contribution is 2.23. The molecule has 3 rings (SSSR count). The third-order valence-corrected chi connectivity index (χ3v) is 4.20. The third kappa shape index (κ3) is 3.80. The van der Waals surface area contributed by atoms with Gasteiger partial charge in [-0.3, -0.25) is 4.79 Å². The molecule has 24 heavy (non-hydrogen) atoms. The molecule has 1 aromatic carbocycles. The van der Waals surface area contributed by atoms with E-state index in [1.165, 1.54) is 6.20 Å². The van der Waals surface area contributed by atoms with Crippen LogP contribution in [-0.4, -0.2) is 28.0 Å². The van der Waals surface area contributed by atoms with Crippen molar-refractivity contribution in [3.63, 3.8) is 0 Å². The number of hydrogen-bond donors (Lipinski definition) is 4. The Morgan fingerprint density at radius 1 is 1.17 bits per heavy atom. The SMILES string of the molecule is NC(=O)c1ncc(NC2CCCCC2N)nc1Nc1ccccc1. The maximum absolute atomic E-state index is 11.6. The van der Waals surface area contributed by atoms with Gasteiger partial charge in [0.2, 0.25) is 0 Å². The van der Waals surface area contributed by atoms with Gasteiger partial charge in [0.05, 0.1) is 6.20 Å². The first kappa shape index (κ1) is 16.2. The van der Waals surface area contributed by atoms with Crippen molar-refractivity contribution in [2.45, 2.75) is 37.8 Å². The number of para-hydroxylation sites is 1. The number of hydrogen-bond acceptors (Lipinski definition) is 6. The fourth-order valence-electron chi connectivity index (χ4n) is 2.91. The maximum Gasteiger partial charge on any atom is 0.271 e. The molecule has 1 heterocycles. The average Bonchev–Trinajstić information content (AvgIpc) is 2.58. The topological polar surface area (TPSA) is 119 Å². The highest BCUT2D eigenvalue weighted by molar-refractivity contribution is 5.96. The van der Waals surface area contributed by atoms with E-state index in [0.717, 1.165) is 31.4 Å². The van der Waals surface area contributed by atoms with E-state index in [4.69, 9.17) is 11.5 Å². The maximum atomic E-state index is 11.6. The summed E-state index contributed by atoms with van der Waals surface area (Å²) in [6.07, 6.45) is 5.83. The van der Waals surface area contributed by atoms with E-state index in [2.05, 4.69) is 20.6 Å². The fraction of sp³-hybridized carbons (Fsp3) is 0.353. The lowest BCUT2D eigenvalue weighted by Crippen LogP contribution is -2.42. The predicted octanol–water partition coefficient (Wildman–Crippen LogP) is 2.00. The van der Waals surface area contributed by atoms with Crippen molar-refractivity contribution in [2.24, 2.45) is 11.5 Å². The number of primary amides is 1. The molecule has 1 amide bonds. The van der Waals surface area contributed by atoms with E-state index in [1.807, 2.05) is 30.3 Å². The summed E-state index contributed by atoms with van der Waals surface area (Å²) in [6.45, 7) is 0. The second-order valence-corrected chi connectivity index (χ2v) is 6.01. The summed E-state index contributed by atoms with van der Waals surface area (Å²) in [5, 5.41) is 6.43. The van der Waals surface area contributed by atoms with Gasteiger partial charge in [-0.2, -0.15) is 0 Å². The quantitative estimate of drug-likeness (QED) is 0.667. The van der Waals surface area contributed by atoms with Crippen molar-refractivity contribution in [2.75, 3.05) is 10.6 Å². The van der Waals surface area contributed by atoms with Gasteiger partial charge in [0.15, 0.2) is 11.5 Å². The van der Waals surface area contributed by atoms with Crippen LogP contribution in [0.25, 0.3) is 0 Å². The van der Waals surface area contributed by atoms with E-state index >= 15 is 0 Å². The van der Waals surface area contributed by atoms with Crippen molar-refractivity contribution in [3.05, 3.63) is 42.2 Å². The van der Waals surface area contributed by atoms with Crippen molar-refractivity contribution in [1.82, 2.24) is 9.97 Å². The predicted molar refractivity (Wildman–Crippen MR) is 94.1 cm³/mol. The lowest BCUT2D eigenvalue weighted by atomic mass is 9.91. The Kier molecular flexibility index (Phi) is 4.90. The van der Waals surface area contributed by atoms with Gasteiger partial charge in [0.25, 0.3) is 5.91 Å². The third-order valence-electron chi connectivity index (χ3n) is 4.20.